The third kappa shape index (κ3) is 2.94. The average molecular weight is 471 g/mol. The largest absolute Gasteiger partial charge is 0.469 e. The molecule has 4 saturated carbocycles. The van der Waals surface area contributed by atoms with Crippen molar-refractivity contribution in [1.29, 1.82) is 0 Å². The maximum Gasteiger partial charge on any atom is 0.312 e. The molecule has 192 valence electrons. The molecule has 5 aliphatic carbocycles. The second-order valence-corrected chi connectivity index (χ2v) is 14.8. The highest BCUT2D eigenvalue weighted by Gasteiger charge is 2.69. The number of methoxy groups -OCH3 is 1. The Balaban J connectivity index is 1.62. The van der Waals surface area contributed by atoms with E-state index in [-0.39, 0.29) is 39.1 Å². The van der Waals surface area contributed by atoms with Crippen molar-refractivity contribution >= 4 is 5.97 Å². The van der Waals surface area contributed by atoms with Crippen molar-refractivity contribution in [3.8, 4) is 0 Å². The molecular weight excluding hydrogens is 420 g/mol. The van der Waals surface area contributed by atoms with E-state index in [9.17, 15) is 9.90 Å². The lowest BCUT2D eigenvalue weighted by molar-refractivity contribution is -0.202. The zero-order valence-corrected chi connectivity index (χ0v) is 23.2. The number of hydrogen-bond acceptors (Lipinski definition) is 3. The second kappa shape index (κ2) is 7.59. The molecule has 1 N–H and O–H groups in total. The predicted molar refractivity (Wildman–Crippen MR) is 137 cm³/mol. The van der Waals surface area contributed by atoms with Crippen LogP contribution in [-0.2, 0) is 9.53 Å². The fourth-order valence-electron chi connectivity index (χ4n) is 11.3. The highest BCUT2D eigenvalue weighted by molar-refractivity contribution is 5.78. The minimum atomic E-state index is -0.334. The van der Waals surface area contributed by atoms with Crippen LogP contribution < -0.4 is 0 Å². The first-order valence-electron chi connectivity index (χ1n) is 14.2. The van der Waals surface area contributed by atoms with E-state index in [4.69, 9.17) is 4.74 Å². The van der Waals surface area contributed by atoms with Gasteiger partial charge in [-0.3, -0.25) is 4.79 Å². The lowest BCUT2D eigenvalue weighted by atomic mass is 9.33. The van der Waals surface area contributed by atoms with Crippen LogP contribution in [0, 0.1) is 56.7 Å². The van der Waals surface area contributed by atoms with Gasteiger partial charge in [-0.25, -0.2) is 0 Å². The molecule has 0 aromatic heterocycles. The van der Waals surface area contributed by atoms with Crippen molar-refractivity contribution in [3.63, 3.8) is 0 Å². The van der Waals surface area contributed by atoms with Crippen LogP contribution in [0.25, 0.3) is 0 Å². The van der Waals surface area contributed by atoms with Gasteiger partial charge in [-0.2, -0.15) is 0 Å². The Morgan fingerprint density at radius 2 is 1.68 bits per heavy atom. The van der Waals surface area contributed by atoms with Crippen LogP contribution in [0.3, 0.4) is 0 Å². The summed E-state index contributed by atoms with van der Waals surface area (Å²) in [5.41, 5.74) is 1.95. The average Bonchev–Trinajstić information content (AvgIpc) is 2.74. The van der Waals surface area contributed by atoms with Gasteiger partial charge in [0.25, 0.3) is 0 Å². The molecule has 0 aliphatic heterocycles. The molecule has 3 heteroatoms. The number of fused-ring (bicyclic) bond motifs is 7. The van der Waals surface area contributed by atoms with Gasteiger partial charge in [-0.05, 0) is 109 Å². The van der Waals surface area contributed by atoms with E-state index in [0.29, 0.717) is 29.6 Å². The quantitative estimate of drug-likeness (QED) is 0.326. The molecule has 10 atom stereocenters. The SMILES string of the molecule is COC(=O)[C@]12CC[C@@H](C)[C@H](C)[C@H]1C1=CCC3[C@@]4(C)C[C@@H](O)CC(C)(C)C4CC[C@@]3(C)[C@]1(C)CC2. The lowest BCUT2D eigenvalue weighted by Crippen LogP contribution is -2.65. The van der Waals surface area contributed by atoms with E-state index in [1.807, 2.05) is 0 Å². The number of carbonyl (C=O) groups is 1. The van der Waals surface area contributed by atoms with Crippen LogP contribution >= 0.6 is 0 Å². The summed E-state index contributed by atoms with van der Waals surface area (Å²) in [6.07, 6.45) is 12.1. The highest BCUT2D eigenvalue weighted by Crippen LogP contribution is 2.75. The maximum atomic E-state index is 13.4. The van der Waals surface area contributed by atoms with E-state index in [1.165, 1.54) is 12.8 Å². The lowest BCUT2D eigenvalue weighted by Gasteiger charge is -2.71. The highest BCUT2D eigenvalue weighted by atomic mass is 16.5. The van der Waals surface area contributed by atoms with E-state index in [0.717, 1.165) is 44.9 Å². The number of rotatable bonds is 1. The van der Waals surface area contributed by atoms with Gasteiger partial charge in [0.15, 0.2) is 0 Å². The topological polar surface area (TPSA) is 46.5 Å². The molecule has 34 heavy (non-hydrogen) atoms. The standard InChI is InChI=1S/C31H50O3/c1-19-11-14-31(26(33)34-8)16-15-29(6)22(25(31)20(19)2)9-10-24-28(5)18-21(32)17-27(3,4)23(28)12-13-30(24,29)7/h9,19-21,23-25,32H,10-18H2,1-8H3/t19-,20+,21+,23?,24?,25+,28+,29-,30-,31+/m1/s1. The normalized spacial score (nSPS) is 54.0. The summed E-state index contributed by atoms with van der Waals surface area (Å²) in [4.78, 5) is 13.4. The molecule has 4 fully saturated rings. The first kappa shape index (κ1) is 24.8. The summed E-state index contributed by atoms with van der Waals surface area (Å²) < 4.78 is 5.51. The summed E-state index contributed by atoms with van der Waals surface area (Å²) in [5.74, 6) is 2.74. The minimum absolute atomic E-state index is 0.0410. The molecule has 0 saturated heterocycles. The first-order chi connectivity index (χ1) is 15.8. The Kier molecular flexibility index (Phi) is 5.55. The van der Waals surface area contributed by atoms with Crippen molar-refractivity contribution in [2.45, 2.75) is 112 Å². The Labute approximate surface area is 208 Å². The van der Waals surface area contributed by atoms with Gasteiger partial charge in [0.1, 0.15) is 0 Å². The number of aliphatic hydroxyl groups is 1. The molecule has 0 heterocycles. The molecule has 5 aliphatic rings. The zero-order valence-electron chi connectivity index (χ0n) is 23.2. The fourth-order valence-corrected chi connectivity index (χ4v) is 11.3. The molecular formula is C31H50O3. The molecule has 0 aromatic rings. The van der Waals surface area contributed by atoms with Crippen LogP contribution in [0.1, 0.15) is 106 Å². The van der Waals surface area contributed by atoms with Gasteiger partial charge in [0.2, 0.25) is 0 Å². The molecule has 0 radical (unpaired) electrons. The molecule has 0 aromatic carbocycles. The molecule has 2 unspecified atom stereocenters. The van der Waals surface area contributed by atoms with Gasteiger partial charge in [0, 0.05) is 0 Å². The van der Waals surface area contributed by atoms with Gasteiger partial charge >= 0.3 is 5.97 Å². The van der Waals surface area contributed by atoms with Crippen molar-refractivity contribution in [2.24, 2.45) is 56.7 Å². The second-order valence-electron chi connectivity index (χ2n) is 14.8. The van der Waals surface area contributed by atoms with Gasteiger partial charge in [-0.1, -0.05) is 60.1 Å². The number of allylic oxidation sites excluding steroid dienone is 2. The first-order valence-corrected chi connectivity index (χ1v) is 14.2. The van der Waals surface area contributed by atoms with Crippen molar-refractivity contribution in [1.82, 2.24) is 0 Å². The summed E-state index contributed by atoms with van der Waals surface area (Å²) >= 11 is 0. The van der Waals surface area contributed by atoms with Crippen LogP contribution in [-0.4, -0.2) is 24.3 Å². The van der Waals surface area contributed by atoms with E-state index in [1.54, 1.807) is 12.7 Å². The van der Waals surface area contributed by atoms with Crippen molar-refractivity contribution in [2.75, 3.05) is 7.11 Å². The summed E-state index contributed by atoms with van der Waals surface area (Å²) in [6, 6.07) is 0. The summed E-state index contributed by atoms with van der Waals surface area (Å²) in [7, 11) is 1.59. The smallest absolute Gasteiger partial charge is 0.312 e. The minimum Gasteiger partial charge on any atom is -0.469 e. The number of ether oxygens (including phenoxy) is 1. The summed E-state index contributed by atoms with van der Waals surface area (Å²) in [6.45, 7) is 17.3. The van der Waals surface area contributed by atoms with Gasteiger partial charge < -0.3 is 9.84 Å². The Hall–Kier alpha value is -0.830. The Bertz CT molecular complexity index is 889. The van der Waals surface area contributed by atoms with Crippen LogP contribution in [0.5, 0.6) is 0 Å². The molecule has 0 spiro atoms. The van der Waals surface area contributed by atoms with Gasteiger partial charge in [-0.15, -0.1) is 0 Å². The fraction of sp³-hybridized carbons (Fsp3) is 0.903. The van der Waals surface area contributed by atoms with E-state index in [2.05, 4.69) is 54.5 Å². The third-order valence-electron chi connectivity index (χ3n) is 13.2. The van der Waals surface area contributed by atoms with Crippen LogP contribution in [0.15, 0.2) is 11.6 Å². The number of esters is 1. The maximum absolute atomic E-state index is 13.4. The zero-order chi connectivity index (χ0) is 24.9. The van der Waals surface area contributed by atoms with Crippen LogP contribution in [0.2, 0.25) is 0 Å². The predicted octanol–water partition coefficient (Wildman–Crippen LogP) is 7.18. The van der Waals surface area contributed by atoms with E-state index >= 15 is 0 Å². The summed E-state index contributed by atoms with van der Waals surface area (Å²) in [5, 5.41) is 11.0. The Morgan fingerprint density at radius 1 is 0.971 bits per heavy atom. The third-order valence-corrected chi connectivity index (χ3v) is 13.2. The molecule has 0 amide bonds. The molecule has 0 bridgehead atoms. The Morgan fingerprint density at radius 3 is 2.35 bits per heavy atom. The number of aliphatic hydroxyl groups excluding tert-OH is 1. The molecule has 3 nitrogen and oxygen atoms in total. The monoisotopic (exact) mass is 470 g/mol. The van der Waals surface area contributed by atoms with Crippen molar-refractivity contribution in [3.05, 3.63) is 11.6 Å². The van der Waals surface area contributed by atoms with Crippen molar-refractivity contribution < 1.29 is 14.6 Å². The number of hydrogen-bond donors (Lipinski definition) is 1. The van der Waals surface area contributed by atoms with E-state index < -0.39 is 0 Å². The molecule has 5 rings (SSSR count). The van der Waals surface area contributed by atoms with Crippen LogP contribution in [0.4, 0.5) is 0 Å². The number of carbonyl (C=O) groups excluding carboxylic acids is 1. The van der Waals surface area contributed by atoms with Gasteiger partial charge in [0.05, 0.1) is 18.6 Å².